The zero-order valence-corrected chi connectivity index (χ0v) is 12.5. The molecule has 3 aromatic rings. The fraction of sp³-hybridized carbons (Fsp3) is 0.353. The van der Waals surface area contributed by atoms with E-state index < -0.39 is 0 Å². The summed E-state index contributed by atoms with van der Waals surface area (Å²) in [5.74, 6) is 1.45. The molecule has 0 unspecified atom stereocenters. The van der Waals surface area contributed by atoms with Gasteiger partial charge in [0.05, 0.1) is 11.9 Å². The second-order valence-corrected chi connectivity index (χ2v) is 6.33. The summed E-state index contributed by atoms with van der Waals surface area (Å²) >= 11 is 0. The number of fused-ring (bicyclic) bond motifs is 1. The van der Waals surface area contributed by atoms with Crippen molar-refractivity contribution in [2.45, 2.75) is 37.6 Å². The van der Waals surface area contributed by atoms with E-state index in [4.69, 9.17) is 10.2 Å². The van der Waals surface area contributed by atoms with Crippen molar-refractivity contribution in [1.29, 1.82) is 5.26 Å². The Morgan fingerprint density at radius 1 is 1.13 bits per heavy atom. The number of imidazole rings is 1. The third-order valence-corrected chi connectivity index (χ3v) is 4.49. The normalized spacial score (nSPS) is 17.3. The van der Waals surface area contributed by atoms with E-state index in [9.17, 15) is 0 Å². The number of nitriles is 1. The van der Waals surface area contributed by atoms with Crippen LogP contribution in [0.25, 0.3) is 22.6 Å². The summed E-state index contributed by atoms with van der Waals surface area (Å²) in [4.78, 5) is 9.24. The van der Waals surface area contributed by atoms with Crippen LogP contribution < -0.4 is 0 Å². The first-order valence-corrected chi connectivity index (χ1v) is 7.95. The molecule has 0 aromatic carbocycles. The Bertz CT molecular complexity index is 959. The molecular weight excluding hydrogens is 288 g/mol. The van der Waals surface area contributed by atoms with Gasteiger partial charge >= 0.3 is 0 Å². The van der Waals surface area contributed by atoms with Crippen LogP contribution in [0.4, 0.5) is 0 Å². The lowest BCUT2D eigenvalue weighted by atomic mass is 10.2. The quantitative estimate of drug-likeness (QED) is 0.743. The van der Waals surface area contributed by atoms with Gasteiger partial charge in [0.2, 0.25) is 0 Å². The standard InChI is InChI=1S/C17H14N6/c18-8-12-3-6-14-17(20-12)23(13-4-5-13)16(21-14)11-7-15(10-1-2-10)22-19-9-11/h3,6-7,9-10,13H,1-2,4-5H2. The monoisotopic (exact) mass is 302 g/mol. The Morgan fingerprint density at radius 2 is 2.00 bits per heavy atom. The van der Waals surface area contributed by atoms with Crippen molar-refractivity contribution in [2.75, 3.05) is 0 Å². The highest BCUT2D eigenvalue weighted by atomic mass is 15.2. The van der Waals surface area contributed by atoms with E-state index in [1.807, 2.05) is 6.07 Å². The summed E-state index contributed by atoms with van der Waals surface area (Å²) in [6.07, 6.45) is 6.43. The summed E-state index contributed by atoms with van der Waals surface area (Å²) in [7, 11) is 0. The molecule has 6 heteroatoms. The molecule has 112 valence electrons. The van der Waals surface area contributed by atoms with Crippen molar-refractivity contribution < 1.29 is 0 Å². The molecule has 0 spiro atoms. The zero-order chi connectivity index (χ0) is 15.4. The highest BCUT2D eigenvalue weighted by molar-refractivity contribution is 5.78. The molecule has 0 amide bonds. The number of hydrogen-bond acceptors (Lipinski definition) is 5. The second-order valence-electron chi connectivity index (χ2n) is 6.33. The number of hydrogen-bond donors (Lipinski definition) is 0. The fourth-order valence-electron chi connectivity index (χ4n) is 3.00. The lowest BCUT2D eigenvalue weighted by Crippen LogP contribution is -2.01. The van der Waals surface area contributed by atoms with E-state index in [0.717, 1.165) is 41.1 Å². The predicted octanol–water partition coefficient (Wildman–Crippen LogP) is 2.97. The molecule has 3 aromatic heterocycles. The Hall–Kier alpha value is -2.81. The maximum absolute atomic E-state index is 9.11. The van der Waals surface area contributed by atoms with Gasteiger partial charge in [0.15, 0.2) is 5.65 Å². The molecule has 2 aliphatic rings. The molecule has 23 heavy (non-hydrogen) atoms. The van der Waals surface area contributed by atoms with Crippen LogP contribution in [-0.4, -0.2) is 24.7 Å². The molecule has 2 fully saturated rings. The van der Waals surface area contributed by atoms with Gasteiger partial charge in [-0.25, -0.2) is 9.97 Å². The molecule has 2 aliphatic carbocycles. The molecule has 0 bridgehead atoms. The lowest BCUT2D eigenvalue weighted by molar-refractivity contribution is 0.764. The first kappa shape index (κ1) is 12.7. The minimum atomic E-state index is 0.425. The van der Waals surface area contributed by atoms with E-state index in [-0.39, 0.29) is 0 Å². The third kappa shape index (κ3) is 2.08. The minimum Gasteiger partial charge on any atom is -0.305 e. The van der Waals surface area contributed by atoms with Gasteiger partial charge in [-0.3, -0.25) is 0 Å². The van der Waals surface area contributed by atoms with Crippen molar-refractivity contribution in [2.24, 2.45) is 0 Å². The molecular formula is C17H14N6. The largest absolute Gasteiger partial charge is 0.305 e. The molecule has 5 rings (SSSR count). The molecule has 0 aliphatic heterocycles. The van der Waals surface area contributed by atoms with E-state index in [1.54, 1.807) is 12.3 Å². The van der Waals surface area contributed by atoms with Crippen LogP contribution in [0.5, 0.6) is 0 Å². The van der Waals surface area contributed by atoms with Crippen LogP contribution >= 0.6 is 0 Å². The van der Waals surface area contributed by atoms with Gasteiger partial charge < -0.3 is 4.57 Å². The van der Waals surface area contributed by atoms with Crippen LogP contribution in [0, 0.1) is 11.3 Å². The average molecular weight is 302 g/mol. The highest BCUT2D eigenvalue weighted by Crippen LogP contribution is 2.42. The SMILES string of the molecule is N#Cc1ccc2nc(-c3cnnc(C4CC4)c3)n(C3CC3)c2n1. The number of aromatic nitrogens is 5. The molecule has 6 nitrogen and oxygen atoms in total. The molecule has 0 N–H and O–H groups in total. The third-order valence-electron chi connectivity index (χ3n) is 4.49. The smallest absolute Gasteiger partial charge is 0.162 e. The van der Waals surface area contributed by atoms with Gasteiger partial charge in [-0.1, -0.05) is 0 Å². The molecule has 3 heterocycles. The molecule has 0 saturated heterocycles. The van der Waals surface area contributed by atoms with E-state index in [0.29, 0.717) is 17.7 Å². The average Bonchev–Trinajstić information content (AvgIpc) is 3.50. The van der Waals surface area contributed by atoms with Gasteiger partial charge in [0.1, 0.15) is 23.1 Å². The van der Waals surface area contributed by atoms with Crippen molar-refractivity contribution >= 4 is 11.2 Å². The highest BCUT2D eigenvalue weighted by Gasteiger charge is 2.31. The van der Waals surface area contributed by atoms with E-state index in [1.165, 1.54) is 12.8 Å². The van der Waals surface area contributed by atoms with Gasteiger partial charge in [-0.15, -0.1) is 0 Å². The van der Waals surface area contributed by atoms with Crippen molar-refractivity contribution in [3.05, 3.63) is 35.8 Å². The van der Waals surface area contributed by atoms with E-state index in [2.05, 4.69) is 31.9 Å². The maximum Gasteiger partial charge on any atom is 0.162 e. The molecule has 0 atom stereocenters. The fourth-order valence-corrected chi connectivity index (χ4v) is 3.00. The second kappa shape index (κ2) is 4.59. The van der Waals surface area contributed by atoms with Crippen LogP contribution in [-0.2, 0) is 0 Å². The van der Waals surface area contributed by atoms with Crippen molar-refractivity contribution in [3.63, 3.8) is 0 Å². The van der Waals surface area contributed by atoms with E-state index >= 15 is 0 Å². The Kier molecular flexibility index (Phi) is 2.54. The lowest BCUT2D eigenvalue weighted by Gasteiger charge is -2.07. The molecule has 2 saturated carbocycles. The summed E-state index contributed by atoms with van der Waals surface area (Å²) in [5, 5.41) is 17.5. The summed E-state index contributed by atoms with van der Waals surface area (Å²) < 4.78 is 2.17. The Morgan fingerprint density at radius 3 is 2.74 bits per heavy atom. The summed E-state index contributed by atoms with van der Waals surface area (Å²) in [6, 6.07) is 8.24. The predicted molar refractivity (Wildman–Crippen MR) is 83.5 cm³/mol. The number of rotatable bonds is 3. The number of nitrogens with zero attached hydrogens (tertiary/aromatic N) is 6. The van der Waals surface area contributed by atoms with Gasteiger partial charge in [-0.05, 0) is 43.9 Å². The van der Waals surface area contributed by atoms with Gasteiger partial charge in [-0.2, -0.15) is 15.5 Å². The Balaban J connectivity index is 1.73. The topological polar surface area (TPSA) is 80.3 Å². The maximum atomic E-state index is 9.11. The van der Waals surface area contributed by atoms with Crippen LogP contribution in [0.3, 0.4) is 0 Å². The number of pyridine rings is 1. The molecule has 0 radical (unpaired) electrons. The van der Waals surface area contributed by atoms with Crippen LogP contribution in [0.15, 0.2) is 24.4 Å². The van der Waals surface area contributed by atoms with Gasteiger partial charge in [0, 0.05) is 17.5 Å². The van der Waals surface area contributed by atoms with Crippen LogP contribution in [0.1, 0.15) is 49.0 Å². The summed E-state index contributed by atoms with van der Waals surface area (Å²) in [5.41, 5.74) is 4.10. The van der Waals surface area contributed by atoms with Crippen molar-refractivity contribution in [1.82, 2.24) is 24.7 Å². The minimum absolute atomic E-state index is 0.425. The van der Waals surface area contributed by atoms with Crippen molar-refractivity contribution in [3.8, 4) is 17.5 Å². The van der Waals surface area contributed by atoms with Gasteiger partial charge in [0.25, 0.3) is 0 Å². The Labute approximate surface area is 132 Å². The first-order chi connectivity index (χ1) is 11.3. The first-order valence-electron chi connectivity index (χ1n) is 7.95. The zero-order valence-electron chi connectivity index (χ0n) is 12.5. The summed E-state index contributed by atoms with van der Waals surface area (Å²) in [6.45, 7) is 0. The van der Waals surface area contributed by atoms with Crippen LogP contribution in [0.2, 0.25) is 0 Å².